The second-order valence-electron chi connectivity index (χ2n) is 7.53. The number of hydrogen-bond donors (Lipinski definition) is 1. The van der Waals surface area contributed by atoms with Gasteiger partial charge in [0.2, 0.25) is 0 Å². The number of carbonyl (C=O) groups excluding carboxylic acids is 1. The van der Waals surface area contributed by atoms with Crippen LogP contribution in [0, 0.1) is 20.8 Å². The zero-order valence-corrected chi connectivity index (χ0v) is 19.9. The molecule has 1 N–H and O–H groups in total. The van der Waals surface area contributed by atoms with Gasteiger partial charge in [0, 0.05) is 5.02 Å². The molecule has 0 unspecified atom stereocenters. The first-order valence-corrected chi connectivity index (χ1v) is 11.0. The largest absolute Gasteiger partial charge is 0.487 e. The third-order valence-electron chi connectivity index (χ3n) is 5.31. The van der Waals surface area contributed by atoms with E-state index in [0.29, 0.717) is 45.0 Å². The van der Waals surface area contributed by atoms with Gasteiger partial charge < -0.3 is 14.6 Å². The minimum atomic E-state index is -0.409. The van der Waals surface area contributed by atoms with Crippen LogP contribution in [-0.2, 0) is 13.2 Å². The molecule has 2 aromatic carbocycles. The molecule has 0 saturated heterocycles. The van der Waals surface area contributed by atoms with Gasteiger partial charge in [-0.05, 0) is 44.5 Å². The highest BCUT2D eigenvalue weighted by molar-refractivity contribution is 6.32. The molecule has 0 radical (unpaired) electrons. The van der Waals surface area contributed by atoms with E-state index in [4.69, 9.17) is 32.5 Å². The number of nitrogens with zero attached hydrogens (tertiary/aromatic N) is 3. The van der Waals surface area contributed by atoms with Crippen molar-refractivity contribution in [1.82, 2.24) is 14.9 Å². The van der Waals surface area contributed by atoms with Crippen molar-refractivity contribution in [3.8, 4) is 5.75 Å². The van der Waals surface area contributed by atoms with Gasteiger partial charge in [-0.3, -0.25) is 9.48 Å². The summed E-state index contributed by atoms with van der Waals surface area (Å²) >= 11 is 12.4. The lowest BCUT2D eigenvalue weighted by molar-refractivity contribution is 0.101. The monoisotopic (exact) mass is 484 g/mol. The highest BCUT2D eigenvalue weighted by Crippen LogP contribution is 2.27. The predicted molar refractivity (Wildman–Crippen MR) is 127 cm³/mol. The summed E-state index contributed by atoms with van der Waals surface area (Å²) in [7, 11) is 0. The molecule has 33 heavy (non-hydrogen) atoms. The number of amides is 1. The summed E-state index contributed by atoms with van der Waals surface area (Å²) in [5.74, 6) is 0.599. The van der Waals surface area contributed by atoms with Crippen molar-refractivity contribution in [2.24, 2.45) is 0 Å². The van der Waals surface area contributed by atoms with Gasteiger partial charge in [0.1, 0.15) is 18.1 Å². The molecule has 1 amide bonds. The van der Waals surface area contributed by atoms with E-state index >= 15 is 0 Å². The Morgan fingerprint density at radius 2 is 1.76 bits per heavy atom. The van der Waals surface area contributed by atoms with E-state index in [1.807, 2.05) is 54.9 Å². The molecule has 170 valence electrons. The molecular formula is C24H22Cl2N4O3. The van der Waals surface area contributed by atoms with Crippen LogP contribution >= 0.6 is 23.2 Å². The number of aryl methyl sites for hydroxylation is 2. The van der Waals surface area contributed by atoms with E-state index in [-0.39, 0.29) is 12.3 Å². The molecule has 0 aliphatic rings. The van der Waals surface area contributed by atoms with Gasteiger partial charge >= 0.3 is 0 Å². The quantitative estimate of drug-likeness (QED) is 0.348. The summed E-state index contributed by atoms with van der Waals surface area (Å²) in [6, 6.07) is 14.7. The van der Waals surface area contributed by atoms with E-state index in [2.05, 4.69) is 15.6 Å². The fourth-order valence-electron chi connectivity index (χ4n) is 3.44. The first-order chi connectivity index (χ1) is 15.8. The van der Waals surface area contributed by atoms with Gasteiger partial charge in [-0.15, -0.1) is 0 Å². The highest BCUT2D eigenvalue weighted by Gasteiger charge is 2.23. The molecule has 0 saturated carbocycles. The number of nitrogens with one attached hydrogen (secondary N) is 1. The number of anilines is 1. The third kappa shape index (κ3) is 4.89. The van der Waals surface area contributed by atoms with Crippen molar-refractivity contribution in [2.45, 2.75) is 33.9 Å². The Bertz CT molecular complexity index is 1310. The van der Waals surface area contributed by atoms with Crippen molar-refractivity contribution in [3.05, 3.63) is 92.5 Å². The molecule has 0 bridgehead atoms. The SMILES string of the molecule is Cc1nn(Cc2ccccc2Cl)c(C)c1NC(=O)c1noc(C)c1COc1ccccc1Cl. The lowest BCUT2D eigenvalue weighted by Crippen LogP contribution is -2.16. The van der Waals surface area contributed by atoms with Crippen LogP contribution in [0.4, 0.5) is 5.69 Å². The van der Waals surface area contributed by atoms with Crippen molar-refractivity contribution in [1.29, 1.82) is 0 Å². The first kappa shape index (κ1) is 22.9. The molecule has 4 aromatic rings. The van der Waals surface area contributed by atoms with Gasteiger partial charge in [-0.25, -0.2) is 0 Å². The lowest BCUT2D eigenvalue weighted by Gasteiger charge is -2.09. The van der Waals surface area contributed by atoms with Gasteiger partial charge in [0.25, 0.3) is 5.91 Å². The topological polar surface area (TPSA) is 82.2 Å². The van der Waals surface area contributed by atoms with Gasteiger partial charge in [-0.2, -0.15) is 5.10 Å². The Balaban J connectivity index is 1.53. The summed E-state index contributed by atoms with van der Waals surface area (Å²) in [6.45, 7) is 6.03. The summed E-state index contributed by atoms with van der Waals surface area (Å²) < 4.78 is 12.9. The fraction of sp³-hybridized carbons (Fsp3) is 0.208. The van der Waals surface area contributed by atoms with Crippen LogP contribution in [0.5, 0.6) is 5.75 Å². The summed E-state index contributed by atoms with van der Waals surface area (Å²) in [5.41, 5.74) is 3.74. The number of rotatable bonds is 7. The molecular weight excluding hydrogens is 463 g/mol. The lowest BCUT2D eigenvalue weighted by atomic mass is 10.2. The summed E-state index contributed by atoms with van der Waals surface area (Å²) in [4.78, 5) is 13.1. The van der Waals surface area contributed by atoms with E-state index in [1.54, 1.807) is 19.1 Å². The molecule has 0 atom stereocenters. The number of hydrogen-bond acceptors (Lipinski definition) is 5. The molecule has 0 fully saturated rings. The molecule has 0 aliphatic heterocycles. The number of benzene rings is 2. The molecule has 0 aliphatic carbocycles. The Hall–Kier alpha value is -3.29. The number of aromatic nitrogens is 3. The molecule has 7 nitrogen and oxygen atoms in total. The minimum absolute atomic E-state index is 0.0888. The number of ether oxygens (including phenoxy) is 1. The van der Waals surface area contributed by atoms with Crippen LogP contribution in [0.1, 0.15) is 38.8 Å². The van der Waals surface area contributed by atoms with Crippen LogP contribution in [0.25, 0.3) is 0 Å². The van der Waals surface area contributed by atoms with Crippen LogP contribution in [0.2, 0.25) is 10.0 Å². The smallest absolute Gasteiger partial charge is 0.278 e. The first-order valence-electron chi connectivity index (χ1n) is 10.3. The van der Waals surface area contributed by atoms with Gasteiger partial charge in [0.15, 0.2) is 5.69 Å². The zero-order chi connectivity index (χ0) is 23.5. The average Bonchev–Trinajstić information content (AvgIpc) is 3.29. The average molecular weight is 485 g/mol. The van der Waals surface area contributed by atoms with Crippen molar-refractivity contribution in [3.63, 3.8) is 0 Å². The summed E-state index contributed by atoms with van der Waals surface area (Å²) in [5, 5.41) is 12.6. The summed E-state index contributed by atoms with van der Waals surface area (Å²) in [6.07, 6.45) is 0. The molecule has 2 aromatic heterocycles. The van der Waals surface area contributed by atoms with Crippen molar-refractivity contribution < 1.29 is 14.1 Å². The second kappa shape index (κ2) is 9.68. The van der Waals surface area contributed by atoms with Crippen LogP contribution in [0.15, 0.2) is 53.1 Å². The zero-order valence-electron chi connectivity index (χ0n) is 18.4. The van der Waals surface area contributed by atoms with Crippen LogP contribution in [-0.4, -0.2) is 20.8 Å². The van der Waals surface area contributed by atoms with Gasteiger partial charge in [-0.1, -0.05) is 58.7 Å². The maximum absolute atomic E-state index is 13.1. The van der Waals surface area contributed by atoms with Crippen LogP contribution < -0.4 is 10.1 Å². The second-order valence-corrected chi connectivity index (χ2v) is 8.35. The van der Waals surface area contributed by atoms with E-state index in [9.17, 15) is 4.79 Å². The normalized spacial score (nSPS) is 10.9. The van der Waals surface area contributed by atoms with Crippen molar-refractivity contribution in [2.75, 3.05) is 5.32 Å². The Morgan fingerprint density at radius 1 is 1.06 bits per heavy atom. The fourth-order valence-corrected chi connectivity index (χ4v) is 3.83. The molecule has 4 rings (SSSR count). The highest BCUT2D eigenvalue weighted by atomic mass is 35.5. The Labute approximate surface area is 201 Å². The number of para-hydroxylation sites is 1. The molecule has 9 heteroatoms. The van der Waals surface area contributed by atoms with E-state index < -0.39 is 5.91 Å². The van der Waals surface area contributed by atoms with Crippen LogP contribution in [0.3, 0.4) is 0 Å². The van der Waals surface area contributed by atoms with Crippen molar-refractivity contribution >= 4 is 34.8 Å². The Kier molecular flexibility index (Phi) is 6.72. The Morgan fingerprint density at radius 3 is 2.48 bits per heavy atom. The van der Waals surface area contributed by atoms with E-state index in [0.717, 1.165) is 11.3 Å². The van der Waals surface area contributed by atoms with Gasteiger partial charge in [0.05, 0.1) is 34.2 Å². The minimum Gasteiger partial charge on any atom is -0.487 e. The third-order valence-corrected chi connectivity index (χ3v) is 5.99. The maximum Gasteiger partial charge on any atom is 0.278 e. The number of carbonyl (C=O) groups is 1. The molecule has 0 spiro atoms. The maximum atomic E-state index is 13.1. The number of halogens is 2. The standard InChI is InChI=1S/C24H22Cl2N4O3/c1-14-22(15(2)30(28-14)12-17-8-4-5-9-19(17)25)27-24(31)23-18(16(3)33-29-23)13-32-21-11-7-6-10-20(21)26/h4-11H,12-13H2,1-3H3,(H,27,31). The predicted octanol–water partition coefficient (Wildman–Crippen LogP) is 5.98. The van der Waals surface area contributed by atoms with E-state index in [1.165, 1.54) is 0 Å². The molecule has 2 heterocycles.